The van der Waals surface area contributed by atoms with Gasteiger partial charge in [-0.05, 0) is 31.9 Å². The molecule has 6 nitrogen and oxygen atoms in total. The van der Waals surface area contributed by atoms with Crippen molar-refractivity contribution in [3.63, 3.8) is 0 Å². The Kier molecular flexibility index (Phi) is 5.33. The zero-order valence-electron chi connectivity index (χ0n) is 13.8. The van der Waals surface area contributed by atoms with Crippen LogP contribution in [0.4, 0.5) is 0 Å². The molecule has 2 fully saturated rings. The Morgan fingerprint density at radius 1 is 1.52 bits per heavy atom. The van der Waals surface area contributed by atoms with Gasteiger partial charge in [-0.15, -0.1) is 0 Å². The van der Waals surface area contributed by atoms with Crippen molar-refractivity contribution in [3.05, 3.63) is 24.5 Å². The van der Waals surface area contributed by atoms with Crippen LogP contribution in [0.1, 0.15) is 19.8 Å². The SMILES string of the molecule is CCNC(=NCCOc1cccnc1)N1CCC2(CCOC2)C1. The number of rotatable bonds is 5. The molecular weight excluding hydrogens is 292 g/mol. The predicted molar refractivity (Wildman–Crippen MR) is 89.8 cm³/mol. The molecule has 0 aliphatic carbocycles. The molecule has 3 rings (SSSR count). The number of likely N-dealkylation sites (tertiary alicyclic amines) is 1. The summed E-state index contributed by atoms with van der Waals surface area (Å²) in [6.07, 6.45) is 5.83. The van der Waals surface area contributed by atoms with Gasteiger partial charge in [0.25, 0.3) is 0 Å². The number of nitrogens with one attached hydrogen (secondary N) is 1. The maximum Gasteiger partial charge on any atom is 0.194 e. The maximum absolute atomic E-state index is 5.65. The predicted octanol–water partition coefficient (Wildman–Crippen LogP) is 1.54. The van der Waals surface area contributed by atoms with Gasteiger partial charge < -0.3 is 19.7 Å². The van der Waals surface area contributed by atoms with Crippen LogP contribution in [-0.4, -0.2) is 61.8 Å². The van der Waals surface area contributed by atoms with Gasteiger partial charge in [-0.3, -0.25) is 4.98 Å². The summed E-state index contributed by atoms with van der Waals surface area (Å²) in [5.74, 6) is 1.78. The van der Waals surface area contributed by atoms with E-state index in [2.05, 4.69) is 22.1 Å². The number of guanidine groups is 1. The molecular formula is C17H26N4O2. The van der Waals surface area contributed by atoms with Crippen LogP contribution >= 0.6 is 0 Å². The van der Waals surface area contributed by atoms with E-state index in [1.807, 2.05) is 12.1 Å². The van der Waals surface area contributed by atoms with Gasteiger partial charge in [-0.25, -0.2) is 4.99 Å². The average Bonchev–Trinajstić information content (AvgIpc) is 3.22. The van der Waals surface area contributed by atoms with Crippen molar-refractivity contribution in [1.82, 2.24) is 15.2 Å². The first-order valence-corrected chi connectivity index (χ1v) is 8.45. The molecule has 0 radical (unpaired) electrons. The minimum Gasteiger partial charge on any atom is -0.490 e. The van der Waals surface area contributed by atoms with Gasteiger partial charge in [0.2, 0.25) is 0 Å². The molecule has 0 amide bonds. The Morgan fingerprint density at radius 2 is 2.48 bits per heavy atom. The quantitative estimate of drug-likeness (QED) is 0.507. The van der Waals surface area contributed by atoms with Gasteiger partial charge in [-0.2, -0.15) is 0 Å². The molecule has 6 heteroatoms. The summed E-state index contributed by atoms with van der Waals surface area (Å²) in [4.78, 5) is 11.1. The van der Waals surface area contributed by atoms with Gasteiger partial charge in [0, 0.05) is 37.9 Å². The second-order valence-corrected chi connectivity index (χ2v) is 6.25. The Balaban J connectivity index is 1.51. The van der Waals surface area contributed by atoms with E-state index in [9.17, 15) is 0 Å². The van der Waals surface area contributed by atoms with Crippen LogP contribution in [0.25, 0.3) is 0 Å². The van der Waals surface area contributed by atoms with E-state index < -0.39 is 0 Å². The smallest absolute Gasteiger partial charge is 0.194 e. The lowest BCUT2D eigenvalue weighted by molar-refractivity contribution is 0.156. The number of aromatic nitrogens is 1. The summed E-state index contributed by atoms with van der Waals surface area (Å²) >= 11 is 0. The van der Waals surface area contributed by atoms with Crippen LogP contribution in [0.2, 0.25) is 0 Å². The first-order chi connectivity index (χ1) is 11.3. The topological polar surface area (TPSA) is 59.0 Å². The van der Waals surface area contributed by atoms with Crippen molar-refractivity contribution in [2.75, 3.05) is 46.0 Å². The van der Waals surface area contributed by atoms with E-state index in [1.165, 1.54) is 12.8 Å². The lowest BCUT2D eigenvalue weighted by Crippen LogP contribution is -2.41. The fraction of sp³-hybridized carbons (Fsp3) is 0.647. The minimum absolute atomic E-state index is 0.350. The second-order valence-electron chi connectivity index (χ2n) is 6.25. The molecule has 3 heterocycles. The number of hydrogen-bond acceptors (Lipinski definition) is 4. The molecule has 0 aromatic carbocycles. The van der Waals surface area contributed by atoms with Crippen LogP contribution in [0.5, 0.6) is 5.75 Å². The van der Waals surface area contributed by atoms with Gasteiger partial charge in [0.05, 0.1) is 19.3 Å². The molecule has 0 bridgehead atoms. The highest BCUT2D eigenvalue weighted by Gasteiger charge is 2.42. The molecule has 1 unspecified atom stereocenters. The monoisotopic (exact) mass is 318 g/mol. The van der Waals surface area contributed by atoms with Gasteiger partial charge in [0.1, 0.15) is 12.4 Å². The van der Waals surface area contributed by atoms with Crippen molar-refractivity contribution in [3.8, 4) is 5.75 Å². The number of ether oxygens (including phenoxy) is 2. The first-order valence-electron chi connectivity index (χ1n) is 8.45. The summed E-state index contributed by atoms with van der Waals surface area (Å²) in [5, 5.41) is 3.40. The van der Waals surface area contributed by atoms with Crippen LogP contribution in [-0.2, 0) is 4.74 Å². The largest absolute Gasteiger partial charge is 0.490 e. The third-order valence-electron chi connectivity index (χ3n) is 4.51. The minimum atomic E-state index is 0.350. The van der Waals surface area contributed by atoms with Crippen LogP contribution in [0, 0.1) is 5.41 Å². The fourth-order valence-electron chi connectivity index (χ4n) is 3.26. The van der Waals surface area contributed by atoms with E-state index in [0.29, 0.717) is 18.6 Å². The Labute approximate surface area is 137 Å². The molecule has 2 saturated heterocycles. The number of pyridine rings is 1. The molecule has 23 heavy (non-hydrogen) atoms. The van der Waals surface area contributed by atoms with Crippen molar-refractivity contribution in [2.45, 2.75) is 19.8 Å². The summed E-state index contributed by atoms with van der Waals surface area (Å²) in [7, 11) is 0. The molecule has 1 aromatic heterocycles. The molecule has 126 valence electrons. The fourth-order valence-corrected chi connectivity index (χ4v) is 3.26. The third-order valence-corrected chi connectivity index (χ3v) is 4.51. The molecule has 2 aliphatic rings. The molecule has 1 atom stereocenters. The van der Waals surface area contributed by atoms with Crippen LogP contribution in [0.15, 0.2) is 29.5 Å². The normalized spacial score (nSPS) is 24.4. The van der Waals surface area contributed by atoms with Gasteiger partial charge in [0.15, 0.2) is 5.96 Å². The van der Waals surface area contributed by atoms with E-state index in [4.69, 9.17) is 14.5 Å². The zero-order valence-corrected chi connectivity index (χ0v) is 13.8. The maximum atomic E-state index is 5.65. The van der Waals surface area contributed by atoms with E-state index in [0.717, 1.165) is 44.6 Å². The van der Waals surface area contributed by atoms with Crippen molar-refractivity contribution in [1.29, 1.82) is 0 Å². The number of hydrogen-bond donors (Lipinski definition) is 1. The van der Waals surface area contributed by atoms with Gasteiger partial charge in [-0.1, -0.05) is 0 Å². The Morgan fingerprint density at radius 3 is 3.22 bits per heavy atom. The summed E-state index contributed by atoms with van der Waals surface area (Å²) < 4.78 is 11.3. The van der Waals surface area contributed by atoms with Crippen molar-refractivity contribution in [2.24, 2.45) is 10.4 Å². The van der Waals surface area contributed by atoms with E-state index in [1.54, 1.807) is 12.4 Å². The number of nitrogens with zero attached hydrogens (tertiary/aromatic N) is 3. The highest BCUT2D eigenvalue weighted by molar-refractivity contribution is 5.80. The van der Waals surface area contributed by atoms with E-state index in [-0.39, 0.29) is 0 Å². The second kappa shape index (κ2) is 7.64. The van der Waals surface area contributed by atoms with Crippen molar-refractivity contribution >= 4 is 5.96 Å². The first kappa shape index (κ1) is 16.1. The molecule has 1 spiro atoms. The number of aliphatic imine (C=N–C) groups is 1. The molecule has 1 aromatic rings. The summed E-state index contributed by atoms with van der Waals surface area (Å²) in [6, 6.07) is 3.78. The van der Waals surface area contributed by atoms with Gasteiger partial charge >= 0.3 is 0 Å². The summed E-state index contributed by atoms with van der Waals surface area (Å²) in [6.45, 7) is 8.07. The van der Waals surface area contributed by atoms with E-state index >= 15 is 0 Å². The lowest BCUT2D eigenvalue weighted by atomic mass is 9.87. The molecule has 1 N–H and O–H groups in total. The average molecular weight is 318 g/mol. The van der Waals surface area contributed by atoms with Crippen LogP contribution < -0.4 is 10.1 Å². The Bertz CT molecular complexity index is 515. The summed E-state index contributed by atoms with van der Waals surface area (Å²) in [5.41, 5.74) is 0.350. The molecule has 2 aliphatic heterocycles. The van der Waals surface area contributed by atoms with Crippen LogP contribution in [0.3, 0.4) is 0 Å². The Hall–Kier alpha value is -1.82. The lowest BCUT2D eigenvalue weighted by Gasteiger charge is -2.25. The standard InChI is InChI=1S/C17H26N4O2/c1-2-19-16(20-8-11-23-15-4-3-7-18-12-15)21-9-5-17(13-21)6-10-22-14-17/h3-4,7,12H,2,5-6,8-11,13-14H2,1H3,(H,19,20). The zero-order chi connectivity index (χ0) is 16.0. The van der Waals surface area contributed by atoms with Crippen molar-refractivity contribution < 1.29 is 9.47 Å². The highest BCUT2D eigenvalue weighted by atomic mass is 16.5. The molecule has 0 saturated carbocycles. The highest BCUT2D eigenvalue weighted by Crippen LogP contribution is 2.38. The third kappa shape index (κ3) is 4.13.